The first-order valence-electron chi connectivity index (χ1n) is 8.40. The van der Waals surface area contributed by atoms with Crippen LogP contribution in [-0.4, -0.2) is 22.4 Å². The molecule has 0 saturated heterocycles. The summed E-state index contributed by atoms with van der Waals surface area (Å²) in [6.45, 7) is 7.70. The predicted molar refractivity (Wildman–Crippen MR) is 87.1 cm³/mol. The van der Waals surface area contributed by atoms with E-state index >= 15 is 0 Å². The summed E-state index contributed by atoms with van der Waals surface area (Å²) >= 11 is 0. The fraction of sp³-hybridized carbons (Fsp3) is 0.824. The summed E-state index contributed by atoms with van der Waals surface area (Å²) in [7, 11) is 2.06. The second kappa shape index (κ2) is 9.98. The first-order chi connectivity index (χ1) is 9.67. The zero-order chi connectivity index (χ0) is 14.8. The molecule has 0 amide bonds. The Kier molecular flexibility index (Phi) is 8.59. The highest BCUT2D eigenvalue weighted by molar-refractivity contribution is 5.10. The molecule has 1 unspecified atom stereocenters. The first-order valence-corrected chi connectivity index (χ1v) is 8.40. The molecule has 0 aliphatic carbocycles. The lowest BCUT2D eigenvalue weighted by atomic mass is 10.0. The highest BCUT2D eigenvalue weighted by Gasteiger charge is 2.11. The zero-order valence-corrected chi connectivity index (χ0v) is 13.9. The Hall–Kier alpha value is -0.830. The van der Waals surface area contributed by atoms with Crippen LogP contribution < -0.4 is 5.32 Å². The van der Waals surface area contributed by atoms with Crippen molar-refractivity contribution >= 4 is 0 Å². The molecule has 0 saturated carbocycles. The maximum Gasteiger partial charge on any atom is 0.0596 e. The summed E-state index contributed by atoms with van der Waals surface area (Å²) in [6, 6.07) is 2.82. The van der Waals surface area contributed by atoms with Crippen molar-refractivity contribution in [2.45, 2.75) is 78.2 Å². The highest BCUT2D eigenvalue weighted by Crippen LogP contribution is 2.12. The Morgan fingerprint density at radius 2 is 1.90 bits per heavy atom. The van der Waals surface area contributed by atoms with Gasteiger partial charge in [-0.1, -0.05) is 46.0 Å². The van der Waals surface area contributed by atoms with E-state index in [0.29, 0.717) is 6.04 Å². The zero-order valence-electron chi connectivity index (χ0n) is 13.9. The Balaban J connectivity index is 2.40. The van der Waals surface area contributed by atoms with Crippen LogP contribution in [0.3, 0.4) is 0 Å². The Morgan fingerprint density at radius 1 is 1.15 bits per heavy atom. The van der Waals surface area contributed by atoms with E-state index in [9.17, 15) is 0 Å². The number of aryl methyl sites for hydroxylation is 2. The van der Waals surface area contributed by atoms with Gasteiger partial charge in [-0.15, -0.1) is 0 Å². The second-order valence-corrected chi connectivity index (χ2v) is 5.96. The Bertz CT molecular complexity index is 357. The smallest absolute Gasteiger partial charge is 0.0596 e. The van der Waals surface area contributed by atoms with Crippen LogP contribution in [0.25, 0.3) is 0 Å². The molecule has 1 heterocycles. The molecule has 0 aliphatic heterocycles. The summed E-state index contributed by atoms with van der Waals surface area (Å²) in [6.07, 6.45) is 10.4. The van der Waals surface area contributed by atoms with E-state index < -0.39 is 0 Å². The van der Waals surface area contributed by atoms with E-state index in [4.69, 9.17) is 0 Å². The van der Waals surface area contributed by atoms with Gasteiger partial charge in [0.25, 0.3) is 0 Å². The van der Waals surface area contributed by atoms with Crippen LogP contribution in [0.15, 0.2) is 6.07 Å². The van der Waals surface area contributed by atoms with E-state index in [2.05, 4.69) is 44.3 Å². The van der Waals surface area contributed by atoms with Crippen LogP contribution in [0.4, 0.5) is 0 Å². The molecule has 0 aromatic carbocycles. The molecule has 0 bridgehead atoms. The number of nitrogens with zero attached hydrogens (tertiary/aromatic N) is 2. The molecule has 0 fully saturated rings. The van der Waals surface area contributed by atoms with Gasteiger partial charge in [-0.3, -0.25) is 4.68 Å². The maximum absolute atomic E-state index is 4.45. The second-order valence-electron chi connectivity index (χ2n) is 5.96. The number of aromatic nitrogens is 2. The lowest BCUT2D eigenvalue weighted by Crippen LogP contribution is -2.32. The summed E-state index contributed by atoms with van der Waals surface area (Å²) < 4.78 is 2.03. The van der Waals surface area contributed by atoms with Gasteiger partial charge in [0.1, 0.15) is 0 Å². The number of hydrogen-bond acceptors (Lipinski definition) is 2. The van der Waals surface area contributed by atoms with E-state index in [1.54, 1.807) is 0 Å². The largest absolute Gasteiger partial charge is 0.314 e. The van der Waals surface area contributed by atoms with Crippen LogP contribution in [0.1, 0.15) is 70.2 Å². The molecular formula is C17H33N3. The Morgan fingerprint density at radius 3 is 2.50 bits per heavy atom. The highest BCUT2D eigenvalue weighted by atomic mass is 15.3. The van der Waals surface area contributed by atoms with Crippen LogP contribution in [-0.2, 0) is 13.5 Å². The van der Waals surface area contributed by atoms with E-state index in [1.165, 1.54) is 50.6 Å². The topological polar surface area (TPSA) is 29.9 Å². The summed E-state index contributed by atoms with van der Waals surface area (Å²) in [5, 5.41) is 8.16. The maximum atomic E-state index is 4.45. The van der Waals surface area contributed by atoms with E-state index in [-0.39, 0.29) is 0 Å². The van der Waals surface area contributed by atoms with Gasteiger partial charge in [-0.2, -0.15) is 5.10 Å². The fourth-order valence-electron chi connectivity index (χ4n) is 2.73. The van der Waals surface area contributed by atoms with Gasteiger partial charge < -0.3 is 5.32 Å². The van der Waals surface area contributed by atoms with Crippen molar-refractivity contribution in [3.05, 3.63) is 17.5 Å². The van der Waals surface area contributed by atoms with Crippen LogP contribution >= 0.6 is 0 Å². The Labute approximate surface area is 125 Å². The number of rotatable bonds is 11. The molecule has 20 heavy (non-hydrogen) atoms. The van der Waals surface area contributed by atoms with Gasteiger partial charge in [-0.05, 0) is 32.4 Å². The molecule has 1 N–H and O–H groups in total. The molecule has 0 aliphatic rings. The van der Waals surface area contributed by atoms with Crippen molar-refractivity contribution < 1.29 is 0 Å². The monoisotopic (exact) mass is 279 g/mol. The summed E-state index contributed by atoms with van der Waals surface area (Å²) in [5.74, 6) is 0. The van der Waals surface area contributed by atoms with Crippen molar-refractivity contribution in [1.29, 1.82) is 0 Å². The molecule has 1 rings (SSSR count). The van der Waals surface area contributed by atoms with E-state index in [1.807, 2.05) is 4.68 Å². The summed E-state index contributed by atoms with van der Waals surface area (Å²) in [4.78, 5) is 0. The average Bonchev–Trinajstić information content (AvgIpc) is 2.73. The quantitative estimate of drug-likeness (QED) is 0.620. The third kappa shape index (κ3) is 6.56. The molecule has 3 heteroatoms. The van der Waals surface area contributed by atoms with Crippen molar-refractivity contribution in [2.75, 3.05) is 6.54 Å². The predicted octanol–water partition coefficient (Wildman–Crippen LogP) is 4.00. The molecule has 0 radical (unpaired) electrons. The van der Waals surface area contributed by atoms with Crippen molar-refractivity contribution in [2.24, 2.45) is 7.05 Å². The van der Waals surface area contributed by atoms with Crippen LogP contribution in [0.2, 0.25) is 0 Å². The normalized spacial score (nSPS) is 12.8. The molecule has 1 aromatic heterocycles. The van der Waals surface area contributed by atoms with Crippen molar-refractivity contribution in [3.63, 3.8) is 0 Å². The SMILES string of the molecule is CCCCCCCC(Cc1cc(C)nn1C)NCCC. The standard InChI is InChI=1S/C17H33N3/c1-5-7-8-9-10-11-16(18-12-6-2)14-17-13-15(3)19-20(17)4/h13,16,18H,5-12,14H2,1-4H3. The first kappa shape index (κ1) is 17.2. The van der Waals surface area contributed by atoms with Crippen molar-refractivity contribution in [1.82, 2.24) is 15.1 Å². The average molecular weight is 279 g/mol. The molecule has 1 atom stereocenters. The third-order valence-corrected chi connectivity index (χ3v) is 3.89. The molecule has 0 spiro atoms. The molecule has 1 aromatic rings. The minimum absolute atomic E-state index is 0.603. The number of nitrogens with one attached hydrogen (secondary N) is 1. The lowest BCUT2D eigenvalue weighted by Gasteiger charge is -2.18. The fourth-order valence-corrected chi connectivity index (χ4v) is 2.73. The van der Waals surface area contributed by atoms with Gasteiger partial charge in [0.05, 0.1) is 5.69 Å². The van der Waals surface area contributed by atoms with Crippen LogP contribution in [0, 0.1) is 6.92 Å². The number of hydrogen-bond donors (Lipinski definition) is 1. The van der Waals surface area contributed by atoms with Gasteiger partial charge in [0.2, 0.25) is 0 Å². The summed E-state index contributed by atoms with van der Waals surface area (Å²) in [5.41, 5.74) is 2.48. The minimum Gasteiger partial charge on any atom is -0.314 e. The van der Waals surface area contributed by atoms with Crippen LogP contribution in [0.5, 0.6) is 0 Å². The van der Waals surface area contributed by atoms with Gasteiger partial charge in [-0.25, -0.2) is 0 Å². The molecule has 116 valence electrons. The van der Waals surface area contributed by atoms with Crippen molar-refractivity contribution in [3.8, 4) is 0 Å². The lowest BCUT2D eigenvalue weighted by molar-refractivity contribution is 0.442. The number of unbranched alkanes of at least 4 members (excludes halogenated alkanes) is 4. The van der Waals surface area contributed by atoms with E-state index in [0.717, 1.165) is 18.7 Å². The third-order valence-electron chi connectivity index (χ3n) is 3.89. The van der Waals surface area contributed by atoms with Gasteiger partial charge in [0, 0.05) is 25.2 Å². The van der Waals surface area contributed by atoms with Gasteiger partial charge in [0.15, 0.2) is 0 Å². The molecular weight excluding hydrogens is 246 g/mol. The minimum atomic E-state index is 0.603. The molecule has 3 nitrogen and oxygen atoms in total. The van der Waals surface area contributed by atoms with Gasteiger partial charge >= 0.3 is 0 Å².